The minimum atomic E-state index is -0.583. The first kappa shape index (κ1) is 30.0. The van der Waals surface area contributed by atoms with E-state index in [-0.39, 0.29) is 6.85 Å². The molecule has 3 aliphatic heterocycles. The molecule has 11 aromatic rings. The summed E-state index contributed by atoms with van der Waals surface area (Å²) in [5, 5.41) is 7.44. The number of hydrogen-bond acceptors (Lipinski definition) is 2. The second kappa shape index (κ2) is 10.5. The van der Waals surface area contributed by atoms with Crippen molar-refractivity contribution in [1.29, 1.82) is 0 Å². The molecule has 9 aromatic carbocycles. The molecular weight excluding hydrogens is 691 g/mol. The third kappa shape index (κ3) is 3.48. The molecule has 5 heterocycles. The number of fused-ring (bicyclic) bond motifs is 15. The van der Waals surface area contributed by atoms with Gasteiger partial charge in [0.2, 0.25) is 0 Å². The van der Waals surface area contributed by atoms with Crippen molar-refractivity contribution >= 4 is 89.4 Å². The highest BCUT2D eigenvalue weighted by molar-refractivity contribution is 6.90. The topological polar surface area (TPSA) is 21.3 Å². The molecule has 3 aliphatic rings. The van der Waals surface area contributed by atoms with E-state index in [1.807, 2.05) is 0 Å². The standard InChI is InChI=1S/C53H31BN2O/c1-3-16-33(17-4-1)53(34-18-5-2-6-19-34)41-24-10-11-27-44(41)55-50-42(53)25-14-26-43(50)54-48-39(31-40-36-21-9-12-28-46(36)57-52(40)51(48)55)37-22-13-23-38-47-35-20-8-7-15-32(35)29-30-45(47)56(54)49(37)38/h1-31H. The average molecular weight is 723 g/mol. The third-order valence-electron chi connectivity index (χ3n) is 13.4. The van der Waals surface area contributed by atoms with E-state index >= 15 is 0 Å². The normalized spacial score (nSPS) is 14.4. The number of aromatic nitrogens is 1. The average Bonchev–Trinajstić information content (AvgIpc) is 3.83. The summed E-state index contributed by atoms with van der Waals surface area (Å²) >= 11 is 0. The monoisotopic (exact) mass is 722 g/mol. The Bertz CT molecular complexity index is 3500. The molecule has 0 saturated heterocycles. The van der Waals surface area contributed by atoms with E-state index in [9.17, 15) is 0 Å². The molecule has 0 spiro atoms. The molecule has 3 nitrogen and oxygen atoms in total. The number of anilines is 3. The predicted molar refractivity (Wildman–Crippen MR) is 237 cm³/mol. The van der Waals surface area contributed by atoms with Crippen LogP contribution in [0.3, 0.4) is 0 Å². The molecule has 57 heavy (non-hydrogen) atoms. The van der Waals surface area contributed by atoms with Gasteiger partial charge >= 0.3 is 6.85 Å². The summed E-state index contributed by atoms with van der Waals surface area (Å²) in [5.74, 6) is 0. The van der Waals surface area contributed by atoms with Gasteiger partial charge in [-0.05, 0) is 73.8 Å². The summed E-state index contributed by atoms with van der Waals surface area (Å²) in [6.07, 6.45) is 0. The third-order valence-corrected chi connectivity index (χ3v) is 13.4. The van der Waals surface area contributed by atoms with E-state index in [0.29, 0.717) is 0 Å². The maximum Gasteiger partial charge on any atom is 0.333 e. The number of furan rings is 1. The Morgan fingerprint density at radius 2 is 1.18 bits per heavy atom. The second-order valence-electron chi connectivity index (χ2n) is 15.9. The van der Waals surface area contributed by atoms with E-state index in [4.69, 9.17) is 4.42 Å². The minimum Gasteiger partial charge on any atom is -0.454 e. The molecule has 14 rings (SSSR count). The van der Waals surface area contributed by atoms with E-state index in [0.717, 1.165) is 27.6 Å². The Morgan fingerprint density at radius 3 is 2.02 bits per heavy atom. The van der Waals surface area contributed by atoms with Gasteiger partial charge in [0.05, 0.1) is 16.8 Å². The molecular formula is C53H31BN2O. The Balaban J connectivity index is 1.23. The van der Waals surface area contributed by atoms with E-state index in [2.05, 4.69) is 197 Å². The summed E-state index contributed by atoms with van der Waals surface area (Å²) in [6.45, 7) is -0.107. The molecule has 0 radical (unpaired) electrons. The highest BCUT2D eigenvalue weighted by Gasteiger charge is 2.52. The highest BCUT2D eigenvalue weighted by Crippen LogP contribution is 2.60. The van der Waals surface area contributed by atoms with E-state index in [1.54, 1.807) is 0 Å². The number of benzene rings is 9. The lowest BCUT2D eigenvalue weighted by Gasteiger charge is -2.50. The second-order valence-corrected chi connectivity index (χ2v) is 15.9. The lowest BCUT2D eigenvalue weighted by atomic mass is 9.43. The zero-order chi connectivity index (χ0) is 37.0. The maximum atomic E-state index is 7.11. The molecule has 0 bridgehead atoms. The minimum absolute atomic E-state index is 0.107. The highest BCUT2D eigenvalue weighted by atomic mass is 16.3. The Labute approximate surface area is 328 Å². The van der Waals surface area contributed by atoms with Crippen molar-refractivity contribution in [3.8, 4) is 11.1 Å². The Hall–Kier alpha value is -7.30. The van der Waals surface area contributed by atoms with Crippen molar-refractivity contribution in [2.24, 2.45) is 0 Å². The van der Waals surface area contributed by atoms with Crippen molar-refractivity contribution in [1.82, 2.24) is 4.48 Å². The van der Waals surface area contributed by atoms with Crippen LogP contribution < -0.4 is 15.8 Å². The quantitative estimate of drug-likeness (QED) is 0.166. The van der Waals surface area contributed by atoms with Gasteiger partial charge in [-0.3, -0.25) is 0 Å². The van der Waals surface area contributed by atoms with Gasteiger partial charge in [0.1, 0.15) is 5.58 Å². The van der Waals surface area contributed by atoms with Crippen LogP contribution in [0.2, 0.25) is 0 Å². The van der Waals surface area contributed by atoms with Crippen LogP contribution in [0.5, 0.6) is 0 Å². The van der Waals surface area contributed by atoms with Crippen LogP contribution in [0, 0.1) is 0 Å². The van der Waals surface area contributed by atoms with Gasteiger partial charge in [0.25, 0.3) is 0 Å². The van der Waals surface area contributed by atoms with Crippen molar-refractivity contribution in [2.45, 2.75) is 5.41 Å². The van der Waals surface area contributed by atoms with Gasteiger partial charge in [-0.2, -0.15) is 0 Å². The summed E-state index contributed by atoms with van der Waals surface area (Å²) < 4.78 is 9.78. The van der Waals surface area contributed by atoms with Gasteiger partial charge in [0, 0.05) is 43.8 Å². The van der Waals surface area contributed by atoms with Crippen molar-refractivity contribution in [3.63, 3.8) is 0 Å². The SMILES string of the molecule is c1ccc(C2(c3ccccc3)c3ccccc3N3c4c(cccc42)B2c4c(cc5c(oc6ccccc65)c43)-c3cccc4c5c6ccccc6ccc5n2c34)cc1. The van der Waals surface area contributed by atoms with Crippen LogP contribution in [0.4, 0.5) is 17.1 Å². The van der Waals surface area contributed by atoms with Gasteiger partial charge < -0.3 is 13.8 Å². The summed E-state index contributed by atoms with van der Waals surface area (Å²) in [7, 11) is 0. The molecule has 0 N–H and O–H groups in total. The van der Waals surface area contributed by atoms with Gasteiger partial charge in [0.15, 0.2) is 5.58 Å². The smallest absolute Gasteiger partial charge is 0.333 e. The Morgan fingerprint density at radius 1 is 0.491 bits per heavy atom. The van der Waals surface area contributed by atoms with Crippen LogP contribution >= 0.6 is 0 Å². The number of hydrogen-bond donors (Lipinski definition) is 0. The fourth-order valence-electron chi connectivity index (χ4n) is 11.3. The molecule has 0 saturated carbocycles. The predicted octanol–water partition coefficient (Wildman–Crippen LogP) is 12.0. The lowest BCUT2D eigenvalue weighted by Crippen LogP contribution is -2.58. The molecule has 0 atom stereocenters. The van der Waals surface area contributed by atoms with Crippen molar-refractivity contribution in [2.75, 3.05) is 4.90 Å². The zero-order valence-corrected chi connectivity index (χ0v) is 30.8. The first-order valence-corrected chi connectivity index (χ1v) is 19.9. The first-order chi connectivity index (χ1) is 28.3. The first-order valence-electron chi connectivity index (χ1n) is 19.9. The molecule has 0 amide bonds. The summed E-state index contributed by atoms with van der Waals surface area (Å²) in [6, 6.07) is 69.9. The fourth-order valence-corrected chi connectivity index (χ4v) is 11.3. The molecule has 2 aromatic heterocycles. The van der Waals surface area contributed by atoms with Crippen LogP contribution in [-0.2, 0) is 5.41 Å². The summed E-state index contributed by atoms with van der Waals surface area (Å²) in [5.41, 5.74) is 17.5. The largest absolute Gasteiger partial charge is 0.454 e. The molecule has 262 valence electrons. The number of rotatable bonds is 2. The van der Waals surface area contributed by atoms with Crippen molar-refractivity contribution < 1.29 is 4.42 Å². The molecule has 0 unspecified atom stereocenters. The Kier molecular flexibility index (Phi) is 5.53. The van der Waals surface area contributed by atoms with E-state index < -0.39 is 5.41 Å². The van der Waals surface area contributed by atoms with Crippen molar-refractivity contribution in [3.05, 3.63) is 210 Å². The fraction of sp³-hybridized carbons (Fsp3) is 0.0189. The van der Waals surface area contributed by atoms with Crippen LogP contribution in [0.25, 0.3) is 65.6 Å². The van der Waals surface area contributed by atoms with Gasteiger partial charge in [-0.1, -0.05) is 164 Å². The van der Waals surface area contributed by atoms with E-state index in [1.165, 1.54) is 88.3 Å². The maximum absolute atomic E-state index is 7.11. The number of nitrogens with zero attached hydrogens (tertiary/aromatic N) is 2. The van der Waals surface area contributed by atoms with Crippen LogP contribution in [0.15, 0.2) is 192 Å². The van der Waals surface area contributed by atoms with Gasteiger partial charge in [-0.25, -0.2) is 0 Å². The number of para-hydroxylation sites is 4. The summed E-state index contributed by atoms with van der Waals surface area (Å²) in [4.78, 5) is 2.58. The van der Waals surface area contributed by atoms with Gasteiger partial charge in [-0.15, -0.1) is 0 Å². The lowest BCUT2D eigenvalue weighted by molar-refractivity contribution is 0.668. The molecule has 0 fully saturated rings. The van der Waals surface area contributed by atoms with Crippen LogP contribution in [0.1, 0.15) is 22.3 Å². The zero-order valence-electron chi connectivity index (χ0n) is 30.8. The molecule has 4 heteroatoms. The molecule has 0 aliphatic carbocycles. The van der Waals surface area contributed by atoms with Crippen LogP contribution in [-0.4, -0.2) is 11.3 Å².